The van der Waals surface area contributed by atoms with Crippen molar-refractivity contribution in [2.75, 3.05) is 32.2 Å². The number of benzene rings is 1. The fraction of sp³-hybridized carbons (Fsp3) is 0.286. The molecule has 0 atom stereocenters. The molecule has 0 spiro atoms. The van der Waals surface area contributed by atoms with Crippen LogP contribution in [0.15, 0.2) is 35.5 Å². The van der Waals surface area contributed by atoms with Gasteiger partial charge in [0.25, 0.3) is 0 Å². The Bertz CT molecular complexity index is 628. The molecular formula is C14H18N4O2. The minimum Gasteiger partial charge on any atom is -0.409 e. The SMILES string of the molecule is COCCN(C)c1cc(C(N)=NO)c2ccccc2n1. The third-order valence-electron chi connectivity index (χ3n) is 3.11. The number of nitrogens with two attached hydrogens (primary N) is 1. The maximum Gasteiger partial charge on any atom is 0.170 e. The smallest absolute Gasteiger partial charge is 0.170 e. The lowest BCUT2D eigenvalue weighted by Gasteiger charge is -2.19. The van der Waals surface area contributed by atoms with Gasteiger partial charge in [-0.1, -0.05) is 23.4 Å². The third-order valence-corrected chi connectivity index (χ3v) is 3.11. The minimum atomic E-state index is 0.0741. The predicted molar refractivity (Wildman–Crippen MR) is 79.4 cm³/mol. The highest BCUT2D eigenvalue weighted by Crippen LogP contribution is 2.22. The first-order valence-electron chi connectivity index (χ1n) is 6.25. The van der Waals surface area contributed by atoms with Gasteiger partial charge in [0.15, 0.2) is 5.84 Å². The molecule has 20 heavy (non-hydrogen) atoms. The number of pyridine rings is 1. The van der Waals surface area contributed by atoms with Gasteiger partial charge >= 0.3 is 0 Å². The number of likely N-dealkylation sites (N-methyl/N-ethyl adjacent to an activating group) is 1. The Morgan fingerprint density at radius 3 is 2.90 bits per heavy atom. The van der Waals surface area contributed by atoms with Gasteiger partial charge in [0, 0.05) is 31.7 Å². The van der Waals surface area contributed by atoms with Crippen molar-refractivity contribution in [1.82, 2.24) is 4.98 Å². The van der Waals surface area contributed by atoms with E-state index in [1.54, 1.807) is 7.11 Å². The Balaban J connectivity index is 2.52. The van der Waals surface area contributed by atoms with E-state index in [1.807, 2.05) is 42.3 Å². The lowest BCUT2D eigenvalue weighted by Crippen LogP contribution is -2.24. The summed E-state index contributed by atoms with van der Waals surface area (Å²) >= 11 is 0. The molecule has 106 valence electrons. The summed E-state index contributed by atoms with van der Waals surface area (Å²) in [7, 11) is 3.58. The molecule has 0 aliphatic rings. The van der Waals surface area contributed by atoms with Crippen LogP contribution in [0.1, 0.15) is 5.56 Å². The zero-order valence-corrected chi connectivity index (χ0v) is 11.6. The van der Waals surface area contributed by atoms with E-state index in [0.29, 0.717) is 18.7 Å². The van der Waals surface area contributed by atoms with Gasteiger partial charge in [-0.2, -0.15) is 0 Å². The van der Waals surface area contributed by atoms with Crippen LogP contribution in [-0.4, -0.2) is 43.3 Å². The van der Waals surface area contributed by atoms with Crippen LogP contribution >= 0.6 is 0 Å². The van der Waals surface area contributed by atoms with E-state index in [0.717, 1.165) is 16.7 Å². The van der Waals surface area contributed by atoms with Gasteiger partial charge in [0.1, 0.15) is 5.82 Å². The highest BCUT2D eigenvalue weighted by atomic mass is 16.5. The van der Waals surface area contributed by atoms with E-state index in [2.05, 4.69) is 10.1 Å². The number of oxime groups is 1. The van der Waals surface area contributed by atoms with Crippen molar-refractivity contribution >= 4 is 22.6 Å². The van der Waals surface area contributed by atoms with Crippen molar-refractivity contribution in [3.63, 3.8) is 0 Å². The number of ether oxygens (including phenoxy) is 1. The highest BCUT2D eigenvalue weighted by molar-refractivity contribution is 6.08. The lowest BCUT2D eigenvalue weighted by atomic mass is 10.1. The van der Waals surface area contributed by atoms with E-state index >= 15 is 0 Å². The molecule has 1 aromatic carbocycles. The van der Waals surface area contributed by atoms with E-state index in [9.17, 15) is 0 Å². The van der Waals surface area contributed by atoms with Crippen LogP contribution in [0.4, 0.5) is 5.82 Å². The van der Waals surface area contributed by atoms with Crippen LogP contribution in [0.2, 0.25) is 0 Å². The van der Waals surface area contributed by atoms with Crippen molar-refractivity contribution < 1.29 is 9.94 Å². The van der Waals surface area contributed by atoms with Crippen LogP contribution < -0.4 is 10.6 Å². The molecule has 0 saturated carbocycles. The first-order chi connectivity index (χ1) is 9.67. The quantitative estimate of drug-likeness (QED) is 0.373. The van der Waals surface area contributed by atoms with Crippen molar-refractivity contribution in [3.05, 3.63) is 35.9 Å². The summed E-state index contributed by atoms with van der Waals surface area (Å²) < 4.78 is 5.06. The number of amidine groups is 1. The van der Waals surface area contributed by atoms with Crippen LogP contribution in [0.5, 0.6) is 0 Å². The molecular weight excluding hydrogens is 256 g/mol. The van der Waals surface area contributed by atoms with E-state index in [4.69, 9.17) is 15.7 Å². The molecule has 0 bridgehead atoms. The second kappa shape index (κ2) is 6.21. The molecule has 0 fully saturated rings. The first-order valence-corrected chi connectivity index (χ1v) is 6.25. The van der Waals surface area contributed by atoms with Gasteiger partial charge in [-0.3, -0.25) is 0 Å². The van der Waals surface area contributed by atoms with Gasteiger partial charge in [-0.05, 0) is 12.1 Å². The maximum atomic E-state index is 8.93. The number of aromatic nitrogens is 1. The number of anilines is 1. The summed E-state index contributed by atoms with van der Waals surface area (Å²) in [6, 6.07) is 9.41. The zero-order valence-electron chi connectivity index (χ0n) is 11.6. The second-order valence-electron chi connectivity index (χ2n) is 4.44. The van der Waals surface area contributed by atoms with E-state index < -0.39 is 0 Å². The largest absolute Gasteiger partial charge is 0.409 e. The monoisotopic (exact) mass is 274 g/mol. The first kappa shape index (κ1) is 14.1. The van der Waals surface area contributed by atoms with Gasteiger partial charge in [0.05, 0.1) is 12.1 Å². The molecule has 2 aromatic rings. The Morgan fingerprint density at radius 2 is 2.20 bits per heavy atom. The Labute approximate surface area is 117 Å². The molecule has 2 rings (SSSR count). The Hall–Kier alpha value is -2.34. The normalized spacial score (nSPS) is 11.8. The summed E-state index contributed by atoms with van der Waals surface area (Å²) in [4.78, 5) is 6.55. The molecule has 0 radical (unpaired) electrons. The number of hydrogen-bond donors (Lipinski definition) is 2. The van der Waals surface area contributed by atoms with Gasteiger partial charge in [-0.15, -0.1) is 0 Å². The minimum absolute atomic E-state index is 0.0741. The number of rotatable bonds is 5. The van der Waals surface area contributed by atoms with Crippen LogP contribution in [-0.2, 0) is 4.74 Å². The molecule has 0 saturated heterocycles. The Kier molecular flexibility index (Phi) is 4.37. The standard InChI is InChI=1S/C14H18N4O2/c1-18(7-8-20-2)13-9-11(14(15)17-19)10-5-3-4-6-12(10)16-13/h3-6,9,19H,7-8H2,1-2H3,(H2,15,17). The summed E-state index contributed by atoms with van der Waals surface area (Å²) in [5.74, 6) is 0.826. The predicted octanol–water partition coefficient (Wildman–Crippen LogP) is 1.41. The maximum absolute atomic E-state index is 8.93. The number of para-hydroxylation sites is 1. The summed E-state index contributed by atoms with van der Waals surface area (Å²) in [6.07, 6.45) is 0. The average molecular weight is 274 g/mol. The van der Waals surface area contributed by atoms with Crippen molar-refractivity contribution in [3.8, 4) is 0 Å². The fourth-order valence-corrected chi connectivity index (χ4v) is 1.97. The molecule has 6 heteroatoms. The van der Waals surface area contributed by atoms with Crippen LogP contribution in [0.3, 0.4) is 0 Å². The number of methoxy groups -OCH3 is 1. The molecule has 1 heterocycles. The molecule has 0 aliphatic carbocycles. The number of hydrogen-bond acceptors (Lipinski definition) is 5. The molecule has 0 amide bonds. The fourth-order valence-electron chi connectivity index (χ4n) is 1.97. The van der Waals surface area contributed by atoms with E-state index in [1.165, 1.54) is 0 Å². The molecule has 0 unspecified atom stereocenters. The zero-order chi connectivity index (χ0) is 14.5. The van der Waals surface area contributed by atoms with Crippen molar-refractivity contribution in [2.45, 2.75) is 0 Å². The van der Waals surface area contributed by atoms with Gasteiger partial charge < -0.3 is 20.6 Å². The Morgan fingerprint density at radius 1 is 1.45 bits per heavy atom. The highest BCUT2D eigenvalue weighted by Gasteiger charge is 2.11. The van der Waals surface area contributed by atoms with Gasteiger partial charge in [0.2, 0.25) is 0 Å². The summed E-state index contributed by atoms with van der Waals surface area (Å²) in [6.45, 7) is 1.31. The molecule has 0 aliphatic heterocycles. The molecule has 6 nitrogen and oxygen atoms in total. The van der Waals surface area contributed by atoms with Gasteiger partial charge in [-0.25, -0.2) is 4.98 Å². The van der Waals surface area contributed by atoms with Crippen LogP contribution in [0, 0.1) is 0 Å². The third kappa shape index (κ3) is 2.80. The number of fused-ring (bicyclic) bond motifs is 1. The molecule has 3 N–H and O–H groups in total. The average Bonchev–Trinajstić information content (AvgIpc) is 2.50. The van der Waals surface area contributed by atoms with E-state index in [-0.39, 0.29) is 5.84 Å². The van der Waals surface area contributed by atoms with Crippen LogP contribution in [0.25, 0.3) is 10.9 Å². The summed E-state index contributed by atoms with van der Waals surface area (Å²) in [5.41, 5.74) is 7.22. The van der Waals surface area contributed by atoms with Crippen molar-refractivity contribution in [2.24, 2.45) is 10.9 Å². The lowest BCUT2D eigenvalue weighted by molar-refractivity contribution is 0.206. The molecule has 1 aromatic heterocycles. The summed E-state index contributed by atoms with van der Waals surface area (Å²) in [5, 5.41) is 12.9. The topological polar surface area (TPSA) is 84.0 Å². The second-order valence-corrected chi connectivity index (χ2v) is 4.44. The van der Waals surface area contributed by atoms with Crippen molar-refractivity contribution in [1.29, 1.82) is 0 Å². The number of nitrogens with zero attached hydrogens (tertiary/aromatic N) is 3.